The molecule has 3 aromatic carbocycles. The molecule has 0 spiro atoms. The second-order valence-corrected chi connectivity index (χ2v) is 4.92. The Hall–Kier alpha value is -2.81. The summed E-state index contributed by atoms with van der Waals surface area (Å²) in [6.07, 6.45) is 0. The van der Waals surface area contributed by atoms with Gasteiger partial charge in [0.15, 0.2) is 0 Å². The van der Waals surface area contributed by atoms with Crippen LogP contribution in [0.4, 0.5) is 4.79 Å². The summed E-state index contributed by atoms with van der Waals surface area (Å²) in [5.74, 6) is 0. The topological polar surface area (TPSA) is 55.1 Å². The molecule has 2 amide bonds. The summed E-state index contributed by atoms with van der Waals surface area (Å²) in [6.45, 7) is 0. The van der Waals surface area contributed by atoms with E-state index in [2.05, 4.69) is 23.5 Å². The SMILES string of the molecule is NC(=O)N[C@H](c1ccccc1)c1cccc2ccccc12. The van der Waals surface area contributed by atoms with Gasteiger partial charge in [-0.3, -0.25) is 0 Å². The fourth-order valence-corrected chi connectivity index (χ4v) is 2.63. The minimum absolute atomic E-state index is 0.255. The standard InChI is InChI=1S/C18H16N2O/c19-18(21)20-17(14-8-2-1-3-9-14)16-12-6-10-13-7-4-5-11-15(13)16/h1-12,17H,(H3,19,20,21)/t17-/m1/s1. The lowest BCUT2D eigenvalue weighted by molar-refractivity contribution is 0.247. The molecule has 3 aromatic rings. The van der Waals surface area contributed by atoms with E-state index in [1.807, 2.05) is 54.6 Å². The quantitative estimate of drug-likeness (QED) is 0.754. The number of primary amides is 1. The predicted octanol–water partition coefficient (Wildman–Crippen LogP) is 3.60. The molecule has 0 aliphatic carbocycles. The van der Waals surface area contributed by atoms with E-state index in [0.717, 1.165) is 21.9 Å². The summed E-state index contributed by atoms with van der Waals surface area (Å²) in [4.78, 5) is 11.4. The van der Waals surface area contributed by atoms with Gasteiger partial charge in [-0.2, -0.15) is 0 Å². The van der Waals surface area contributed by atoms with Crippen molar-refractivity contribution in [3.05, 3.63) is 83.9 Å². The zero-order valence-corrected chi connectivity index (χ0v) is 11.5. The second kappa shape index (κ2) is 5.67. The monoisotopic (exact) mass is 276 g/mol. The van der Waals surface area contributed by atoms with Crippen LogP contribution in [0.1, 0.15) is 17.2 Å². The Labute approximate surface area is 123 Å². The van der Waals surface area contributed by atoms with Crippen LogP contribution < -0.4 is 11.1 Å². The van der Waals surface area contributed by atoms with Gasteiger partial charge in [0.05, 0.1) is 6.04 Å². The number of hydrogen-bond donors (Lipinski definition) is 2. The van der Waals surface area contributed by atoms with Gasteiger partial charge in [-0.25, -0.2) is 4.79 Å². The van der Waals surface area contributed by atoms with E-state index in [-0.39, 0.29) is 6.04 Å². The molecule has 0 aliphatic rings. The summed E-state index contributed by atoms with van der Waals surface area (Å²) in [5, 5.41) is 5.10. The first-order chi connectivity index (χ1) is 10.3. The number of nitrogens with one attached hydrogen (secondary N) is 1. The summed E-state index contributed by atoms with van der Waals surface area (Å²) in [5.41, 5.74) is 7.41. The molecule has 0 saturated heterocycles. The molecule has 3 nitrogen and oxygen atoms in total. The highest BCUT2D eigenvalue weighted by atomic mass is 16.2. The van der Waals surface area contributed by atoms with Crippen LogP contribution in [-0.2, 0) is 0 Å². The number of hydrogen-bond acceptors (Lipinski definition) is 1. The Kier molecular flexibility index (Phi) is 3.56. The maximum absolute atomic E-state index is 11.4. The molecule has 0 bridgehead atoms. The Morgan fingerprint density at radius 1 is 0.857 bits per heavy atom. The third-order valence-corrected chi connectivity index (χ3v) is 3.55. The van der Waals surface area contributed by atoms with Crippen LogP contribution in [0.15, 0.2) is 72.8 Å². The van der Waals surface area contributed by atoms with Crippen molar-refractivity contribution in [3.63, 3.8) is 0 Å². The van der Waals surface area contributed by atoms with Gasteiger partial charge in [-0.15, -0.1) is 0 Å². The number of benzene rings is 3. The van der Waals surface area contributed by atoms with E-state index >= 15 is 0 Å². The largest absolute Gasteiger partial charge is 0.352 e. The highest BCUT2D eigenvalue weighted by Gasteiger charge is 2.17. The van der Waals surface area contributed by atoms with Gasteiger partial charge < -0.3 is 11.1 Å². The number of carbonyl (C=O) groups excluding carboxylic acids is 1. The third kappa shape index (κ3) is 2.72. The number of rotatable bonds is 3. The molecule has 0 heterocycles. The van der Waals surface area contributed by atoms with Gasteiger partial charge >= 0.3 is 6.03 Å². The van der Waals surface area contributed by atoms with Gasteiger partial charge in [0, 0.05) is 0 Å². The van der Waals surface area contributed by atoms with Crippen LogP contribution in [0.2, 0.25) is 0 Å². The normalized spacial score (nSPS) is 12.0. The maximum atomic E-state index is 11.4. The summed E-state index contributed by atoms with van der Waals surface area (Å²) < 4.78 is 0. The molecule has 0 saturated carbocycles. The lowest BCUT2D eigenvalue weighted by atomic mass is 9.94. The van der Waals surface area contributed by atoms with Crippen molar-refractivity contribution in [2.45, 2.75) is 6.04 Å². The lowest BCUT2D eigenvalue weighted by Crippen LogP contribution is -2.33. The molecule has 3 heteroatoms. The first-order valence-corrected chi connectivity index (χ1v) is 6.84. The van der Waals surface area contributed by atoms with Gasteiger partial charge in [0.25, 0.3) is 0 Å². The molecule has 0 aliphatic heterocycles. The van der Waals surface area contributed by atoms with E-state index in [9.17, 15) is 4.79 Å². The van der Waals surface area contributed by atoms with E-state index in [0.29, 0.717) is 0 Å². The number of urea groups is 1. The van der Waals surface area contributed by atoms with Gasteiger partial charge in [-0.1, -0.05) is 72.8 Å². The Morgan fingerprint density at radius 3 is 2.29 bits per heavy atom. The van der Waals surface area contributed by atoms with Gasteiger partial charge in [0.2, 0.25) is 0 Å². The molecular weight excluding hydrogens is 260 g/mol. The molecule has 0 unspecified atom stereocenters. The number of carbonyl (C=O) groups is 1. The van der Waals surface area contributed by atoms with Crippen molar-refractivity contribution in [1.29, 1.82) is 0 Å². The van der Waals surface area contributed by atoms with E-state index in [1.165, 1.54) is 0 Å². The zero-order chi connectivity index (χ0) is 14.7. The Morgan fingerprint density at radius 2 is 1.52 bits per heavy atom. The van der Waals surface area contributed by atoms with Crippen LogP contribution in [-0.4, -0.2) is 6.03 Å². The average molecular weight is 276 g/mol. The number of nitrogens with two attached hydrogens (primary N) is 1. The third-order valence-electron chi connectivity index (χ3n) is 3.55. The molecule has 3 N–H and O–H groups in total. The fourth-order valence-electron chi connectivity index (χ4n) is 2.63. The van der Waals surface area contributed by atoms with Crippen molar-refractivity contribution in [1.82, 2.24) is 5.32 Å². The minimum atomic E-state index is -0.531. The van der Waals surface area contributed by atoms with Crippen molar-refractivity contribution in [2.24, 2.45) is 5.73 Å². The molecule has 0 aromatic heterocycles. The highest BCUT2D eigenvalue weighted by molar-refractivity contribution is 5.87. The number of fused-ring (bicyclic) bond motifs is 1. The van der Waals surface area contributed by atoms with Crippen LogP contribution in [0.25, 0.3) is 10.8 Å². The van der Waals surface area contributed by atoms with Gasteiger partial charge in [-0.05, 0) is 21.9 Å². The lowest BCUT2D eigenvalue weighted by Gasteiger charge is -2.20. The van der Waals surface area contributed by atoms with Crippen LogP contribution in [0.3, 0.4) is 0 Å². The number of amides is 2. The molecule has 21 heavy (non-hydrogen) atoms. The van der Waals surface area contributed by atoms with Crippen molar-refractivity contribution >= 4 is 16.8 Å². The van der Waals surface area contributed by atoms with E-state index in [1.54, 1.807) is 0 Å². The van der Waals surface area contributed by atoms with Crippen LogP contribution in [0.5, 0.6) is 0 Å². The van der Waals surface area contributed by atoms with Crippen LogP contribution in [0, 0.1) is 0 Å². The Balaban J connectivity index is 2.17. The van der Waals surface area contributed by atoms with Crippen molar-refractivity contribution in [3.8, 4) is 0 Å². The first kappa shape index (κ1) is 13.2. The molecule has 0 fully saturated rings. The summed E-state index contributed by atoms with van der Waals surface area (Å²) in [6, 6.07) is 23.3. The molecule has 104 valence electrons. The zero-order valence-electron chi connectivity index (χ0n) is 11.5. The molecule has 3 rings (SSSR count). The molecule has 0 radical (unpaired) electrons. The van der Waals surface area contributed by atoms with Gasteiger partial charge in [0.1, 0.15) is 0 Å². The first-order valence-electron chi connectivity index (χ1n) is 6.84. The van der Waals surface area contributed by atoms with E-state index in [4.69, 9.17) is 5.73 Å². The predicted molar refractivity (Wildman–Crippen MR) is 85.0 cm³/mol. The Bertz CT molecular complexity index is 763. The van der Waals surface area contributed by atoms with E-state index < -0.39 is 6.03 Å². The highest BCUT2D eigenvalue weighted by Crippen LogP contribution is 2.28. The smallest absolute Gasteiger partial charge is 0.312 e. The van der Waals surface area contributed by atoms with Crippen LogP contribution >= 0.6 is 0 Å². The van der Waals surface area contributed by atoms with Crippen molar-refractivity contribution < 1.29 is 4.79 Å². The maximum Gasteiger partial charge on any atom is 0.312 e. The molecule has 1 atom stereocenters. The molecular formula is C18H16N2O. The second-order valence-electron chi connectivity index (χ2n) is 4.92. The summed E-state index contributed by atoms with van der Waals surface area (Å²) >= 11 is 0. The fraction of sp³-hybridized carbons (Fsp3) is 0.0556. The summed E-state index contributed by atoms with van der Waals surface area (Å²) in [7, 11) is 0. The van der Waals surface area contributed by atoms with Crippen molar-refractivity contribution in [2.75, 3.05) is 0 Å². The minimum Gasteiger partial charge on any atom is -0.352 e. The average Bonchev–Trinajstić information content (AvgIpc) is 2.53.